The molecule has 1 amide bonds. The lowest BCUT2D eigenvalue weighted by Crippen LogP contribution is -2.16. The summed E-state index contributed by atoms with van der Waals surface area (Å²) in [6, 6.07) is 9.65. The molecule has 0 aliphatic heterocycles. The molecule has 1 N–H and O–H groups in total. The molecule has 0 aliphatic rings. The Hall–Kier alpha value is -3.23. The van der Waals surface area contributed by atoms with Crippen LogP contribution >= 0.6 is 23.2 Å². The van der Waals surface area contributed by atoms with Crippen molar-refractivity contribution in [2.24, 2.45) is 0 Å². The molecule has 0 aliphatic carbocycles. The summed E-state index contributed by atoms with van der Waals surface area (Å²) in [6.45, 7) is 0. The van der Waals surface area contributed by atoms with Gasteiger partial charge in [0.1, 0.15) is 22.8 Å². The van der Waals surface area contributed by atoms with Crippen molar-refractivity contribution in [3.63, 3.8) is 0 Å². The first-order chi connectivity index (χ1) is 14.4. The van der Waals surface area contributed by atoms with Gasteiger partial charge in [0, 0.05) is 5.56 Å². The summed E-state index contributed by atoms with van der Waals surface area (Å²) in [5, 5.41) is 6.87. The van der Waals surface area contributed by atoms with Crippen molar-refractivity contribution in [2.75, 3.05) is 26.6 Å². The molecule has 0 saturated heterocycles. The molecule has 0 spiro atoms. The highest BCUT2D eigenvalue weighted by Crippen LogP contribution is 2.39. The number of carbonyl (C=O) groups excluding carboxylic acids is 2. The van der Waals surface area contributed by atoms with Gasteiger partial charge in [-0.1, -0.05) is 40.5 Å². The van der Waals surface area contributed by atoms with Gasteiger partial charge in [0.25, 0.3) is 5.91 Å². The number of esters is 1. The normalized spacial score (nSPS) is 10.4. The Morgan fingerprint density at radius 3 is 2.03 bits per heavy atom. The average Bonchev–Trinajstić information content (AvgIpc) is 3.15. The molecule has 30 heavy (non-hydrogen) atoms. The molecule has 0 unspecified atom stereocenters. The zero-order chi connectivity index (χ0) is 21.8. The first kappa shape index (κ1) is 21.5. The van der Waals surface area contributed by atoms with Gasteiger partial charge in [-0.15, -0.1) is 0 Å². The zero-order valence-electron chi connectivity index (χ0n) is 16.1. The molecule has 3 rings (SSSR count). The van der Waals surface area contributed by atoms with Gasteiger partial charge < -0.3 is 18.7 Å². The smallest absolute Gasteiger partial charge is 0.345 e. The lowest BCUT2D eigenvalue weighted by Gasteiger charge is -2.12. The molecule has 0 atom stereocenters. The minimum absolute atomic E-state index is 0.0275. The third kappa shape index (κ3) is 3.92. The molecule has 156 valence electrons. The summed E-state index contributed by atoms with van der Waals surface area (Å²) >= 11 is 12.5. The molecule has 1 aromatic heterocycles. The average molecular weight is 451 g/mol. The second-order valence-electron chi connectivity index (χ2n) is 5.82. The van der Waals surface area contributed by atoms with Crippen molar-refractivity contribution in [1.29, 1.82) is 0 Å². The Kier molecular flexibility index (Phi) is 6.49. The van der Waals surface area contributed by atoms with Gasteiger partial charge >= 0.3 is 5.97 Å². The highest BCUT2D eigenvalue weighted by atomic mass is 35.5. The van der Waals surface area contributed by atoms with Crippen molar-refractivity contribution in [3.8, 4) is 22.8 Å². The molecule has 0 bridgehead atoms. The molecule has 2 aromatic carbocycles. The highest BCUT2D eigenvalue weighted by molar-refractivity contribution is 6.39. The van der Waals surface area contributed by atoms with E-state index in [2.05, 4.69) is 10.5 Å². The molecule has 8 nitrogen and oxygen atoms in total. The molecule has 0 saturated carbocycles. The van der Waals surface area contributed by atoms with Crippen molar-refractivity contribution in [2.45, 2.75) is 0 Å². The minimum Gasteiger partial charge on any atom is -0.496 e. The van der Waals surface area contributed by atoms with Crippen LogP contribution in [0.25, 0.3) is 11.3 Å². The summed E-state index contributed by atoms with van der Waals surface area (Å²) < 4.78 is 20.5. The first-order valence-electron chi connectivity index (χ1n) is 8.47. The van der Waals surface area contributed by atoms with Gasteiger partial charge in [0.05, 0.1) is 31.4 Å². The molecular weight excluding hydrogens is 435 g/mol. The summed E-state index contributed by atoms with van der Waals surface area (Å²) in [5.74, 6) is -1.17. The van der Waals surface area contributed by atoms with Crippen molar-refractivity contribution >= 4 is 41.0 Å². The fourth-order valence-electron chi connectivity index (χ4n) is 2.80. The number of anilines is 1. The Labute approximate surface area is 181 Å². The van der Waals surface area contributed by atoms with Crippen LogP contribution in [0.2, 0.25) is 10.0 Å². The van der Waals surface area contributed by atoms with Crippen LogP contribution in [-0.4, -0.2) is 38.4 Å². The number of hydrogen-bond donors (Lipinski definition) is 1. The second-order valence-corrected chi connectivity index (χ2v) is 6.63. The lowest BCUT2D eigenvalue weighted by atomic mass is 10.1. The number of nitrogens with zero attached hydrogens (tertiary/aromatic N) is 1. The van der Waals surface area contributed by atoms with E-state index in [1.165, 1.54) is 21.3 Å². The number of methoxy groups -OCH3 is 3. The maximum Gasteiger partial charge on any atom is 0.345 e. The van der Waals surface area contributed by atoms with Crippen LogP contribution in [0.15, 0.2) is 40.9 Å². The maximum atomic E-state index is 13.0. The summed E-state index contributed by atoms with van der Waals surface area (Å²) in [6.07, 6.45) is 0. The van der Waals surface area contributed by atoms with Crippen LogP contribution in [-0.2, 0) is 4.74 Å². The Morgan fingerprint density at radius 1 is 0.933 bits per heavy atom. The largest absolute Gasteiger partial charge is 0.496 e. The number of benzene rings is 2. The number of nitrogens with one attached hydrogen (secondary N) is 1. The quantitative estimate of drug-likeness (QED) is 0.542. The van der Waals surface area contributed by atoms with Crippen LogP contribution in [0.1, 0.15) is 20.7 Å². The van der Waals surface area contributed by atoms with E-state index in [-0.39, 0.29) is 49.8 Å². The third-order valence-electron chi connectivity index (χ3n) is 4.16. The van der Waals surface area contributed by atoms with Crippen molar-refractivity contribution in [1.82, 2.24) is 5.16 Å². The number of amides is 1. The summed E-state index contributed by atoms with van der Waals surface area (Å²) in [5.41, 5.74) is 0.252. The molecule has 3 aromatic rings. The Bertz CT molecular complexity index is 1070. The topological polar surface area (TPSA) is 99.9 Å². The Morgan fingerprint density at radius 2 is 1.50 bits per heavy atom. The molecule has 0 fully saturated rings. The van der Waals surface area contributed by atoms with E-state index in [1.54, 1.807) is 36.4 Å². The molecule has 0 radical (unpaired) electrons. The summed E-state index contributed by atoms with van der Waals surface area (Å²) in [7, 11) is 4.01. The molecular formula is C20H16Cl2N2O6. The van der Waals surface area contributed by atoms with Gasteiger partial charge in [0.2, 0.25) is 5.88 Å². The number of hydrogen-bond acceptors (Lipinski definition) is 7. The molecule has 1 heterocycles. The predicted octanol–water partition coefficient (Wildman–Crippen LogP) is 4.70. The van der Waals surface area contributed by atoms with Crippen molar-refractivity contribution in [3.05, 3.63) is 57.6 Å². The number of ether oxygens (including phenoxy) is 3. The van der Waals surface area contributed by atoms with E-state index in [9.17, 15) is 9.59 Å². The summed E-state index contributed by atoms with van der Waals surface area (Å²) in [4.78, 5) is 25.4. The van der Waals surface area contributed by atoms with E-state index in [4.69, 9.17) is 41.9 Å². The van der Waals surface area contributed by atoms with E-state index in [1.807, 2.05) is 0 Å². The molecule has 10 heteroatoms. The van der Waals surface area contributed by atoms with Crippen molar-refractivity contribution < 1.29 is 28.3 Å². The number of aromatic nitrogens is 1. The number of halogens is 2. The predicted molar refractivity (Wildman–Crippen MR) is 111 cm³/mol. The monoisotopic (exact) mass is 450 g/mol. The van der Waals surface area contributed by atoms with Crippen LogP contribution in [0.5, 0.6) is 11.5 Å². The van der Waals surface area contributed by atoms with Gasteiger partial charge in [-0.05, 0) is 24.3 Å². The van der Waals surface area contributed by atoms with Gasteiger partial charge in [-0.3, -0.25) is 10.1 Å². The van der Waals surface area contributed by atoms with Crippen LogP contribution < -0.4 is 14.8 Å². The lowest BCUT2D eigenvalue weighted by molar-refractivity contribution is 0.0602. The van der Waals surface area contributed by atoms with Gasteiger partial charge in [-0.2, -0.15) is 0 Å². The fraction of sp³-hybridized carbons (Fsp3) is 0.150. The van der Waals surface area contributed by atoms with Crippen LogP contribution in [0.3, 0.4) is 0 Å². The Balaban J connectivity index is 2.10. The number of carbonyl (C=O) groups is 2. The van der Waals surface area contributed by atoms with E-state index in [0.717, 1.165) is 0 Å². The fourth-order valence-corrected chi connectivity index (χ4v) is 3.38. The third-order valence-corrected chi connectivity index (χ3v) is 4.79. The van der Waals surface area contributed by atoms with Gasteiger partial charge in [-0.25, -0.2) is 4.79 Å². The zero-order valence-corrected chi connectivity index (χ0v) is 17.6. The first-order valence-corrected chi connectivity index (χ1v) is 9.23. The standard InChI is InChI=1S/C20H16Cl2N2O6/c1-27-12-8-5-9-13(28-2)15(12)18(25)23-19-16(20(26)29-3)17(24-30-19)14-10(21)6-4-7-11(14)22/h4-9H,1-3H3,(H,23,25). The number of rotatable bonds is 6. The highest BCUT2D eigenvalue weighted by Gasteiger charge is 2.30. The van der Waals surface area contributed by atoms with E-state index >= 15 is 0 Å². The SMILES string of the molecule is COC(=O)c1c(-c2c(Cl)cccc2Cl)noc1NC(=O)c1c(OC)cccc1OC. The van der Waals surface area contributed by atoms with Crippen LogP contribution in [0, 0.1) is 0 Å². The van der Waals surface area contributed by atoms with E-state index in [0.29, 0.717) is 0 Å². The van der Waals surface area contributed by atoms with E-state index < -0.39 is 11.9 Å². The van der Waals surface area contributed by atoms with Gasteiger partial charge in [0.15, 0.2) is 5.56 Å². The maximum absolute atomic E-state index is 13.0. The van der Waals surface area contributed by atoms with Crippen LogP contribution in [0.4, 0.5) is 5.88 Å². The minimum atomic E-state index is -0.801. The second kappa shape index (κ2) is 9.06.